The Balaban J connectivity index is 2.75. The highest BCUT2D eigenvalue weighted by Crippen LogP contribution is 2.18. The van der Waals surface area contributed by atoms with Crippen LogP contribution in [-0.4, -0.2) is 49.4 Å². The van der Waals surface area contributed by atoms with Crippen molar-refractivity contribution in [2.24, 2.45) is 0 Å². The first-order valence-electron chi connectivity index (χ1n) is 6.76. The van der Waals surface area contributed by atoms with Gasteiger partial charge in [0.15, 0.2) is 0 Å². The Morgan fingerprint density at radius 2 is 1.95 bits per heavy atom. The third-order valence-electron chi connectivity index (χ3n) is 3.26. The van der Waals surface area contributed by atoms with E-state index >= 15 is 0 Å². The van der Waals surface area contributed by atoms with Crippen LogP contribution in [0, 0.1) is 6.92 Å². The van der Waals surface area contributed by atoms with Crippen LogP contribution in [0.5, 0.6) is 0 Å². The molecule has 0 aliphatic heterocycles. The molecule has 0 aliphatic carbocycles. The van der Waals surface area contributed by atoms with Gasteiger partial charge in [-0.05, 0) is 52.5 Å². The van der Waals surface area contributed by atoms with E-state index in [9.17, 15) is 4.79 Å². The van der Waals surface area contributed by atoms with E-state index in [0.717, 1.165) is 25.1 Å². The molecule has 0 atom stereocenters. The number of rotatable bonds is 6. The molecule has 1 rings (SSSR count). The molecule has 0 aromatic heterocycles. The molecule has 2 N–H and O–H groups in total. The second-order valence-electron chi connectivity index (χ2n) is 5.08. The van der Waals surface area contributed by atoms with Gasteiger partial charge in [0, 0.05) is 18.8 Å². The van der Waals surface area contributed by atoms with E-state index in [0.29, 0.717) is 17.8 Å². The summed E-state index contributed by atoms with van der Waals surface area (Å²) in [4.78, 5) is 16.4. The van der Waals surface area contributed by atoms with E-state index in [1.165, 1.54) is 0 Å². The molecule has 1 aromatic carbocycles. The van der Waals surface area contributed by atoms with Gasteiger partial charge in [0.05, 0.1) is 5.56 Å². The van der Waals surface area contributed by atoms with Gasteiger partial charge in [-0.3, -0.25) is 4.79 Å². The van der Waals surface area contributed by atoms with Gasteiger partial charge in [0.2, 0.25) is 0 Å². The van der Waals surface area contributed by atoms with E-state index in [4.69, 9.17) is 5.73 Å². The Bertz CT molecular complexity index is 429. The van der Waals surface area contributed by atoms with E-state index in [1.54, 1.807) is 6.07 Å². The Labute approximate surface area is 116 Å². The van der Waals surface area contributed by atoms with Gasteiger partial charge in [0.25, 0.3) is 5.91 Å². The third kappa shape index (κ3) is 4.24. The van der Waals surface area contributed by atoms with Crippen molar-refractivity contribution >= 4 is 11.6 Å². The maximum atomic E-state index is 12.5. The van der Waals surface area contributed by atoms with Gasteiger partial charge in [-0.15, -0.1) is 0 Å². The number of nitrogens with two attached hydrogens (primary N) is 1. The lowest BCUT2D eigenvalue weighted by Gasteiger charge is -2.23. The van der Waals surface area contributed by atoms with Gasteiger partial charge in [0.1, 0.15) is 0 Å². The molecular weight excluding hydrogens is 238 g/mol. The van der Waals surface area contributed by atoms with Crippen LogP contribution in [0.2, 0.25) is 0 Å². The second-order valence-corrected chi connectivity index (χ2v) is 5.08. The number of benzene rings is 1. The fraction of sp³-hybridized carbons (Fsp3) is 0.533. The second kappa shape index (κ2) is 7.14. The monoisotopic (exact) mass is 263 g/mol. The molecule has 0 unspecified atom stereocenters. The molecule has 0 saturated heterocycles. The Kier molecular flexibility index (Phi) is 5.83. The molecule has 0 radical (unpaired) electrons. The van der Waals surface area contributed by atoms with E-state index < -0.39 is 0 Å². The summed E-state index contributed by atoms with van der Waals surface area (Å²) in [5, 5.41) is 0. The summed E-state index contributed by atoms with van der Waals surface area (Å²) in [6.07, 6.45) is 0.971. The summed E-state index contributed by atoms with van der Waals surface area (Å²) in [6, 6.07) is 5.61. The summed E-state index contributed by atoms with van der Waals surface area (Å²) in [7, 11) is 4.08. The fourth-order valence-electron chi connectivity index (χ4n) is 2.02. The summed E-state index contributed by atoms with van der Waals surface area (Å²) in [6.45, 7) is 6.38. The highest BCUT2D eigenvalue weighted by Gasteiger charge is 2.17. The molecule has 4 heteroatoms. The molecule has 0 aliphatic rings. The quantitative estimate of drug-likeness (QED) is 0.799. The molecule has 0 saturated carbocycles. The standard InChI is InChI=1S/C15H25N3O/c1-5-18(11-7-10-17(3)4)15(19)13-9-6-8-12(2)14(13)16/h6,8-9H,5,7,10-11,16H2,1-4H3. The maximum Gasteiger partial charge on any atom is 0.255 e. The minimum Gasteiger partial charge on any atom is -0.398 e. The molecule has 0 spiro atoms. The van der Waals surface area contributed by atoms with Gasteiger partial charge in [-0.1, -0.05) is 12.1 Å². The van der Waals surface area contributed by atoms with E-state index in [-0.39, 0.29) is 5.91 Å². The predicted octanol–water partition coefficient (Wildman–Crippen LogP) is 1.99. The molecule has 0 heterocycles. The minimum absolute atomic E-state index is 0.0301. The van der Waals surface area contributed by atoms with Gasteiger partial charge in [-0.25, -0.2) is 0 Å². The lowest BCUT2D eigenvalue weighted by molar-refractivity contribution is 0.0760. The van der Waals surface area contributed by atoms with Crippen molar-refractivity contribution < 1.29 is 4.79 Å². The predicted molar refractivity (Wildman–Crippen MR) is 80.3 cm³/mol. The van der Waals surface area contributed by atoms with E-state index in [1.807, 2.05) is 45.0 Å². The number of para-hydroxylation sites is 1. The molecule has 0 bridgehead atoms. The molecule has 106 valence electrons. The van der Waals surface area contributed by atoms with Crippen molar-refractivity contribution in [1.29, 1.82) is 0 Å². The van der Waals surface area contributed by atoms with Gasteiger partial charge < -0.3 is 15.5 Å². The molecule has 1 aromatic rings. The number of amides is 1. The summed E-state index contributed by atoms with van der Waals surface area (Å²) in [5.74, 6) is 0.0301. The number of carbonyl (C=O) groups is 1. The largest absolute Gasteiger partial charge is 0.398 e. The van der Waals surface area contributed by atoms with Crippen LogP contribution < -0.4 is 5.73 Å². The topological polar surface area (TPSA) is 49.6 Å². The van der Waals surface area contributed by atoms with Crippen LogP contribution in [0.3, 0.4) is 0 Å². The smallest absolute Gasteiger partial charge is 0.255 e. The van der Waals surface area contributed by atoms with Crippen molar-refractivity contribution in [1.82, 2.24) is 9.80 Å². The SMILES string of the molecule is CCN(CCCN(C)C)C(=O)c1cccc(C)c1N. The average Bonchev–Trinajstić information content (AvgIpc) is 2.37. The number of carbonyl (C=O) groups excluding carboxylic acids is 1. The number of hydrogen-bond donors (Lipinski definition) is 1. The Morgan fingerprint density at radius 3 is 2.53 bits per heavy atom. The normalized spacial score (nSPS) is 10.8. The zero-order chi connectivity index (χ0) is 14.4. The highest BCUT2D eigenvalue weighted by molar-refractivity contribution is 5.99. The van der Waals surface area contributed by atoms with Crippen LogP contribution in [0.4, 0.5) is 5.69 Å². The van der Waals surface area contributed by atoms with E-state index in [2.05, 4.69) is 4.90 Å². The number of hydrogen-bond acceptors (Lipinski definition) is 3. The molecule has 0 fully saturated rings. The van der Waals surface area contributed by atoms with Crippen molar-refractivity contribution in [3.63, 3.8) is 0 Å². The molecule has 19 heavy (non-hydrogen) atoms. The van der Waals surface area contributed by atoms with Crippen LogP contribution in [0.1, 0.15) is 29.3 Å². The summed E-state index contributed by atoms with van der Waals surface area (Å²) < 4.78 is 0. The summed E-state index contributed by atoms with van der Waals surface area (Å²) >= 11 is 0. The van der Waals surface area contributed by atoms with Gasteiger partial charge >= 0.3 is 0 Å². The van der Waals surface area contributed by atoms with Gasteiger partial charge in [-0.2, -0.15) is 0 Å². The Morgan fingerprint density at radius 1 is 1.26 bits per heavy atom. The van der Waals surface area contributed by atoms with Crippen LogP contribution in [0.15, 0.2) is 18.2 Å². The minimum atomic E-state index is 0.0301. The Hall–Kier alpha value is -1.55. The fourth-order valence-corrected chi connectivity index (χ4v) is 2.02. The van der Waals surface area contributed by atoms with Crippen LogP contribution >= 0.6 is 0 Å². The number of anilines is 1. The lowest BCUT2D eigenvalue weighted by atomic mass is 10.1. The average molecular weight is 263 g/mol. The van der Waals surface area contributed by atoms with Crippen LogP contribution in [0.25, 0.3) is 0 Å². The number of aryl methyl sites for hydroxylation is 1. The third-order valence-corrected chi connectivity index (χ3v) is 3.26. The number of nitrogens with zero attached hydrogens (tertiary/aromatic N) is 2. The van der Waals surface area contributed by atoms with Crippen LogP contribution in [-0.2, 0) is 0 Å². The zero-order valence-corrected chi connectivity index (χ0v) is 12.4. The van der Waals surface area contributed by atoms with Crippen molar-refractivity contribution in [3.8, 4) is 0 Å². The van der Waals surface area contributed by atoms with Crippen molar-refractivity contribution in [3.05, 3.63) is 29.3 Å². The maximum absolute atomic E-state index is 12.5. The molecule has 4 nitrogen and oxygen atoms in total. The lowest BCUT2D eigenvalue weighted by Crippen LogP contribution is -2.33. The zero-order valence-electron chi connectivity index (χ0n) is 12.4. The number of nitrogen functional groups attached to an aromatic ring is 1. The van der Waals surface area contributed by atoms with Crippen molar-refractivity contribution in [2.75, 3.05) is 39.5 Å². The molecular formula is C15H25N3O. The summed E-state index contributed by atoms with van der Waals surface area (Å²) in [5.41, 5.74) is 8.16. The first-order valence-corrected chi connectivity index (χ1v) is 6.76. The van der Waals surface area contributed by atoms with Crippen molar-refractivity contribution in [2.45, 2.75) is 20.3 Å². The first-order chi connectivity index (χ1) is 8.97. The highest BCUT2D eigenvalue weighted by atomic mass is 16.2. The first kappa shape index (κ1) is 15.5. The molecule has 1 amide bonds.